The Balaban J connectivity index is 1.57. The Labute approximate surface area is 161 Å². The molecule has 3 aromatic rings. The molecule has 1 unspecified atom stereocenters. The molecule has 2 aromatic carbocycles. The van der Waals surface area contributed by atoms with E-state index in [2.05, 4.69) is 10.3 Å². The van der Waals surface area contributed by atoms with Crippen molar-refractivity contribution in [2.24, 2.45) is 0 Å². The van der Waals surface area contributed by atoms with Gasteiger partial charge in [-0.3, -0.25) is 4.79 Å². The molecule has 1 saturated heterocycles. The predicted octanol–water partition coefficient (Wildman–Crippen LogP) is 3.33. The number of benzene rings is 2. The standard InChI is InChI=1S/C19H19N3O3S2/c1-27(24,25)22-11-5-9-16(22)18(23)20-14-7-4-6-13(12-14)19-21-15-8-2-3-10-17(15)26-19/h2-4,6-8,10,12,16H,5,9,11H2,1H3,(H,20,23). The molecule has 0 saturated carbocycles. The molecule has 0 spiro atoms. The maximum atomic E-state index is 12.6. The van der Waals surface area contributed by atoms with E-state index in [9.17, 15) is 13.2 Å². The van der Waals surface area contributed by atoms with Gasteiger partial charge in [0.05, 0.1) is 16.5 Å². The SMILES string of the molecule is CS(=O)(=O)N1CCCC1C(=O)Nc1cccc(-c2nc3ccccc3s2)c1. The number of fused-ring (bicyclic) bond motifs is 1. The van der Waals surface area contributed by atoms with Gasteiger partial charge < -0.3 is 5.32 Å². The fraction of sp³-hybridized carbons (Fsp3) is 0.263. The molecular formula is C19H19N3O3S2. The number of carbonyl (C=O) groups excluding carboxylic acids is 1. The second-order valence-corrected chi connectivity index (χ2v) is 9.55. The minimum atomic E-state index is -3.39. The molecule has 1 aliphatic rings. The maximum absolute atomic E-state index is 12.6. The zero-order chi connectivity index (χ0) is 19.0. The first-order valence-electron chi connectivity index (χ1n) is 8.65. The van der Waals surface area contributed by atoms with E-state index in [4.69, 9.17) is 0 Å². The molecule has 1 atom stereocenters. The summed E-state index contributed by atoms with van der Waals surface area (Å²) in [6.07, 6.45) is 2.37. The first kappa shape index (κ1) is 18.1. The molecule has 140 valence electrons. The summed E-state index contributed by atoms with van der Waals surface area (Å²) in [5, 5.41) is 3.74. The van der Waals surface area contributed by atoms with Crippen molar-refractivity contribution in [1.29, 1.82) is 0 Å². The first-order chi connectivity index (χ1) is 12.9. The van der Waals surface area contributed by atoms with Crippen molar-refractivity contribution in [2.45, 2.75) is 18.9 Å². The highest BCUT2D eigenvalue weighted by atomic mass is 32.2. The second kappa shape index (κ2) is 7.03. The number of thiazole rings is 1. The number of nitrogens with one attached hydrogen (secondary N) is 1. The van der Waals surface area contributed by atoms with E-state index in [0.29, 0.717) is 25.1 Å². The number of rotatable bonds is 4. The highest BCUT2D eigenvalue weighted by Crippen LogP contribution is 2.31. The summed E-state index contributed by atoms with van der Waals surface area (Å²) in [6.45, 7) is 0.392. The van der Waals surface area contributed by atoms with Crippen LogP contribution in [0.1, 0.15) is 12.8 Å². The third kappa shape index (κ3) is 3.73. The van der Waals surface area contributed by atoms with Crippen LogP contribution in [0.2, 0.25) is 0 Å². The van der Waals surface area contributed by atoms with Gasteiger partial charge in [-0.1, -0.05) is 24.3 Å². The number of sulfonamides is 1. The Hall–Kier alpha value is -2.29. The topological polar surface area (TPSA) is 79.4 Å². The van der Waals surface area contributed by atoms with Crippen LogP contribution in [-0.4, -0.2) is 42.5 Å². The Morgan fingerprint density at radius 3 is 2.81 bits per heavy atom. The summed E-state index contributed by atoms with van der Waals surface area (Å²) in [5.74, 6) is -0.292. The normalized spacial score (nSPS) is 18.0. The van der Waals surface area contributed by atoms with Crippen LogP contribution in [0.25, 0.3) is 20.8 Å². The van der Waals surface area contributed by atoms with E-state index in [1.807, 2.05) is 42.5 Å². The van der Waals surface area contributed by atoms with E-state index in [0.717, 1.165) is 27.0 Å². The van der Waals surface area contributed by atoms with Gasteiger partial charge in [0.25, 0.3) is 0 Å². The van der Waals surface area contributed by atoms with Gasteiger partial charge >= 0.3 is 0 Å². The smallest absolute Gasteiger partial charge is 0.242 e. The van der Waals surface area contributed by atoms with E-state index in [1.54, 1.807) is 17.4 Å². The molecule has 2 heterocycles. The van der Waals surface area contributed by atoms with Gasteiger partial charge in [0, 0.05) is 17.8 Å². The lowest BCUT2D eigenvalue weighted by Gasteiger charge is -2.21. The summed E-state index contributed by atoms with van der Waals surface area (Å²) < 4.78 is 26.1. The summed E-state index contributed by atoms with van der Waals surface area (Å²) in [4.78, 5) is 17.3. The van der Waals surface area contributed by atoms with Crippen molar-refractivity contribution < 1.29 is 13.2 Å². The minimum absolute atomic E-state index is 0.292. The largest absolute Gasteiger partial charge is 0.325 e. The molecule has 0 aliphatic carbocycles. The highest BCUT2D eigenvalue weighted by Gasteiger charge is 2.36. The lowest BCUT2D eigenvalue weighted by molar-refractivity contribution is -0.119. The maximum Gasteiger partial charge on any atom is 0.242 e. The molecule has 1 fully saturated rings. The number of anilines is 1. The van der Waals surface area contributed by atoms with Crippen molar-refractivity contribution in [3.63, 3.8) is 0 Å². The number of amides is 1. The fourth-order valence-corrected chi connectivity index (χ4v) is 5.44. The second-order valence-electron chi connectivity index (χ2n) is 6.59. The van der Waals surface area contributed by atoms with Gasteiger partial charge in [0.15, 0.2) is 0 Å². The average molecular weight is 402 g/mol. The van der Waals surface area contributed by atoms with Gasteiger partial charge in [0.1, 0.15) is 11.0 Å². The number of aromatic nitrogens is 1. The quantitative estimate of drug-likeness (QED) is 0.727. The average Bonchev–Trinajstić information content (AvgIpc) is 3.28. The van der Waals surface area contributed by atoms with Gasteiger partial charge in [-0.05, 0) is 37.1 Å². The molecule has 0 bridgehead atoms. The third-order valence-corrected chi connectivity index (χ3v) is 6.98. The summed E-state index contributed by atoms with van der Waals surface area (Å²) >= 11 is 1.60. The predicted molar refractivity (Wildman–Crippen MR) is 108 cm³/mol. The van der Waals surface area contributed by atoms with Crippen LogP contribution in [0.5, 0.6) is 0 Å². The fourth-order valence-electron chi connectivity index (χ4n) is 3.35. The number of carbonyl (C=O) groups is 1. The zero-order valence-electron chi connectivity index (χ0n) is 14.8. The van der Waals surface area contributed by atoms with Gasteiger partial charge in [-0.25, -0.2) is 13.4 Å². The highest BCUT2D eigenvalue weighted by molar-refractivity contribution is 7.88. The lowest BCUT2D eigenvalue weighted by Crippen LogP contribution is -2.42. The lowest BCUT2D eigenvalue weighted by atomic mass is 10.2. The molecule has 4 rings (SSSR count). The van der Waals surface area contributed by atoms with Crippen molar-refractivity contribution in [3.05, 3.63) is 48.5 Å². The summed E-state index contributed by atoms with van der Waals surface area (Å²) in [5.41, 5.74) is 2.50. The van der Waals surface area contributed by atoms with Crippen LogP contribution in [0.15, 0.2) is 48.5 Å². The van der Waals surface area contributed by atoms with Crippen molar-refractivity contribution in [1.82, 2.24) is 9.29 Å². The van der Waals surface area contributed by atoms with E-state index in [-0.39, 0.29) is 5.91 Å². The van der Waals surface area contributed by atoms with Gasteiger partial charge in [-0.15, -0.1) is 11.3 Å². The molecule has 1 amide bonds. The molecule has 1 N–H and O–H groups in total. The van der Waals surface area contributed by atoms with Crippen LogP contribution in [0, 0.1) is 0 Å². The number of hydrogen-bond acceptors (Lipinski definition) is 5. The van der Waals surface area contributed by atoms with Gasteiger partial charge in [0.2, 0.25) is 15.9 Å². The van der Waals surface area contributed by atoms with E-state index >= 15 is 0 Å². The molecule has 1 aliphatic heterocycles. The van der Waals surface area contributed by atoms with Crippen LogP contribution in [0.3, 0.4) is 0 Å². The first-order valence-corrected chi connectivity index (χ1v) is 11.3. The van der Waals surface area contributed by atoms with E-state index < -0.39 is 16.1 Å². The van der Waals surface area contributed by atoms with E-state index in [1.165, 1.54) is 4.31 Å². The Kier molecular flexibility index (Phi) is 4.71. The minimum Gasteiger partial charge on any atom is -0.325 e. The number of para-hydroxylation sites is 1. The molecule has 1 aromatic heterocycles. The zero-order valence-corrected chi connectivity index (χ0v) is 16.4. The third-order valence-electron chi connectivity index (χ3n) is 4.60. The Bertz CT molecular complexity index is 1080. The molecule has 8 heteroatoms. The Morgan fingerprint density at radius 2 is 2.04 bits per heavy atom. The molecule has 27 heavy (non-hydrogen) atoms. The van der Waals surface area contributed by atoms with Crippen molar-refractivity contribution in [2.75, 3.05) is 18.1 Å². The van der Waals surface area contributed by atoms with Crippen LogP contribution < -0.4 is 5.32 Å². The van der Waals surface area contributed by atoms with Crippen LogP contribution in [-0.2, 0) is 14.8 Å². The Morgan fingerprint density at radius 1 is 1.22 bits per heavy atom. The molecule has 6 nitrogen and oxygen atoms in total. The van der Waals surface area contributed by atoms with Crippen molar-refractivity contribution in [3.8, 4) is 10.6 Å². The molecular weight excluding hydrogens is 382 g/mol. The molecule has 0 radical (unpaired) electrons. The summed E-state index contributed by atoms with van der Waals surface area (Å²) in [7, 11) is -3.39. The van der Waals surface area contributed by atoms with Gasteiger partial charge in [-0.2, -0.15) is 4.31 Å². The summed E-state index contributed by atoms with van der Waals surface area (Å²) in [6, 6.07) is 14.8. The number of nitrogens with zero attached hydrogens (tertiary/aromatic N) is 2. The van der Waals surface area contributed by atoms with Crippen LogP contribution in [0.4, 0.5) is 5.69 Å². The monoisotopic (exact) mass is 401 g/mol. The van der Waals surface area contributed by atoms with Crippen LogP contribution >= 0.6 is 11.3 Å². The van der Waals surface area contributed by atoms with Crippen molar-refractivity contribution >= 4 is 43.2 Å². The number of hydrogen-bond donors (Lipinski definition) is 1.